The molecule has 0 radical (unpaired) electrons. The van der Waals surface area contributed by atoms with Crippen molar-refractivity contribution in [2.75, 3.05) is 5.32 Å². The predicted molar refractivity (Wildman–Crippen MR) is 94.0 cm³/mol. The fourth-order valence-corrected chi connectivity index (χ4v) is 3.86. The van der Waals surface area contributed by atoms with Crippen molar-refractivity contribution in [2.45, 2.75) is 6.18 Å². The molecular formula is C17H10F3NO3S2. The second kappa shape index (κ2) is 6.93. The third-order valence-corrected chi connectivity index (χ3v) is 5.26. The van der Waals surface area contributed by atoms with Gasteiger partial charge in [0.1, 0.15) is 10.6 Å². The Labute approximate surface area is 153 Å². The van der Waals surface area contributed by atoms with Gasteiger partial charge in [0.2, 0.25) is 0 Å². The molecule has 0 aliphatic rings. The molecule has 0 aliphatic carbocycles. The molecule has 0 unspecified atom stereocenters. The SMILES string of the molecule is O=C(Nc1scc(-c2ccc(C(F)(F)F)cc2)c1C(=O)O)c1cccs1. The molecule has 0 saturated heterocycles. The van der Waals surface area contributed by atoms with Crippen LogP contribution in [0.3, 0.4) is 0 Å². The number of hydrogen-bond donors (Lipinski definition) is 2. The summed E-state index contributed by atoms with van der Waals surface area (Å²) in [5, 5.41) is 15.4. The zero-order valence-electron chi connectivity index (χ0n) is 12.8. The van der Waals surface area contributed by atoms with E-state index in [2.05, 4.69) is 5.32 Å². The molecule has 26 heavy (non-hydrogen) atoms. The fraction of sp³-hybridized carbons (Fsp3) is 0.0588. The molecule has 2 aromatic heterocycles. The van der Waals surface area contributed by atoms with E-state index in [0.29, 0.717) is 10.4 Å². The van der Waals surface area contributed by atoms with Crippen molar-refractivity contribution in [3.8, 4) is 11.1 Å². The Bertz CT molecular complexity index is 945. The number of carbonyl (C=O) groups excluding carboxylic acids is 1. The molecule has 1 aromatic carbocycles. The molecule has 9 heteroatoms. The first-order chi connectivity index (χ1) is 12.3. The summed E-state index contributed by atoms with van der Waals surface area (Å²) >= 11 is 2.21. The molecule has 0 atom stereocenters. The van der Waals surface area contributed by atoms with E-state index in [1.807, 2.05) is 0 Å². The molecular weight excluding hydrogens is 387 g/mol. The Morgan fingerprint density at radius 3 is 2.27 bits per heavy atom. The van der Waals surface area contributed by atoms with Crippen LogP contribution < -0.4 is 5.32 Å². The minimum Gasteiger partial charge on any atom is -0.478 e. The van der Waals surface area contributed by atoms with Crippen molar-refractivity contribution >= 4 is 39.6 Å². The van der Waals surface area contributed by atoms with Crippen molar-refractivity contribution in [1.82, 2.24) is 0 Å². The van der Waals surface area contributed by atoms with Gasteiger partial charge in [0, 0.05) is 10.9 Å². The highest BCUT2D eigenvalue weighted by atomic mass is 32.1. The number of rotatable bonds is 4. The Morgan fingerprint density at radius 1 is 1.04 bits per heavy atom. The van der Waals surface area contributed by atoms with Gasteiger partial charge in [0.15, 0.2) is 0 Å². The molecule has 0 aliphatic heterocycles. The van der Waals surface area contributed by atoms with Crippen molar-refractivity contribution in [2.24, 2.45) is 0 Å². The number of amides is 1. The summed E-state index contributed by atoms with van der Waals surface area (Å²) in [5.74, 6) is -1.72. The van der Waals surface area contributed by atoms with Crippen LogP contribution in [0.25, 0.3) is 11.1 Å². The number of hydrogen-bond acceptors (Lipinski definition) is 4. The van der Waals surface area contributed by atoms with Gasteiger partial charge in [-0.3, -0.25) is 4.79 Å². The summed E-state index contributed by atoms with van der Waals surface area (Å²) in [6.45, 7) is 0. The second-order valence-electron chi connectivity index (χ2n) is 5.17. The summed E-state index contributed by atoms with van der Waals surface area (Å²) in [7, 11) is 0. The van der Waals surface area contributed by atoms with E-state index in [4.69, 9.17) is 0 Å². The summed E-state index contributed by atoms with van der Waals surface area (Å²) in [5.41, 5.74) is -0.403. The summed E-state index contributed by atoms with van der Waals surface area (Å²) in [6, 6.07) is 7.50. The molecule has 2 heterocycles. The Kier molecular flexibility index (Phi) is 4.84. The lowest BCUT2D eigenvalue weighted by Gasteiger charge is -2.08. The van der Waals surface area contributed by atoms with E-state index in [9.17, 15) is 27.9 Å². The number of anilines is 1. The fourth-order valence-electron chi connectivity index (χ4n) is 2.29. The van der Waals surface area contributed by atoms with E-state index < -0.39 is 23.6 Å². The number of aromatic carboxylic acids is 1. The maximum absolute atomic E-state index is 12.7. The molecule has 0 bridgehead atoms. The average molecular weight is 397 g/mol. The minimum absolute atomic E-state index is 0.130. The lowest BCUT2D eigenvalue weighted by atomic mass is 10.0. The van der Waals surface area contributed by atoms with Crippen molar-refractivity contribution < 1.29 is 27.9 Å². The van der Waals surface area contributed by atoms with Gasteiger partial charge < -0.3 is 10.4 Å². The van der Waals surface area contributed by atoms with E-state index >= 15 is 0 Å². The Morgan fingerprint density at radius 2 is 1.73 bits per heavy atom. The predicted octanol–water partition coefficient (Wildman–Crippen LogP) is 5.45. The number of thiophene rings is 2. The number of nitrogens with one attached hydrogen (secondary N) is 1. The first-order valence-corrected chi connectivity index (χ1v) is 8.90. The number of carboxylic acids is 1. The molecule has 2 N–H and O–H groups in total. The molecule has 4 nitrogen and oxygen atoms in total. The van der Waals surface area contributed by atoms with E-state index in [-0.39, 0.29) is 16.1 Å². The zero-order valence-corrected chi connectivity index (χ0v) is 14.5. The van der Waals surface area contributed by atoms with Gasteiger partial charge in [-0.1, -0.05) is 18.2 Å². The highest BCUT2D eigenvalue weighted by Crippen LogP contribution is 2.37. The molecule has 3 aromatic rings. The normalized spacial score (nSPS) is 11.3. The number of carboxylic acid groups (broad SMARTS) is 1. The maximum Gasteiger partial charge on any atom is 0.416 e. The van der Waals surface area contributed by atoms with Crippen molar-refractivity contribution in [3.05, 3.63) is 63.2 Å². The monoisotopic (exact) mass is 397 g/mol. The first-order valence-electron chi connectivity index (χ1n) is 7.14. The Hall–Kier alpha value is -2.65. The number of alkyl halides is 3. The average Bonchev–Trinajstić information content (AvgIpc) is 3.23. The minimum atomic E-state index is -4.47. The largest absolute Gasteiger partial charge is 0.478 e. The highest BCUT2D eigenvalue weighted by Gasteiger charge is 2.30. The standard InChI is InChI=1S/C17H10F3NO3S2/c18-17(19,20)10-5-3-9(4-6-10)11-8-26-15(13(11)16(23)24)21-14(22)12-2-1-7-25-12/h1-8H,(H,21,22)(H,23,24). The van der Waals surface area contributed by atoms with Gasteiger partial charge in [-0.25, -0.2) is 4.79 Å². The van der Waals surface area contributed by atoms with Gasteiger partial charge in [-0.15, -0.1) is 22.7 Å². The molecule has 0 fully saturated rings. The molecule has 3 rings (SSSR count). The highest BCUT2D eigenvalue weighted by molar-refractivity contribution is 7.15. The summed E-state index contributed by atoms with van der Waals surface area (Å²) in [4.78, 5) is 24.2. The molecule has 0 saturated carbocycles. The second-order valence-corrected chi connectivity index (χ2v) is 6.99. The van der Waals surface area contributed by atoms with Crippen LogP contribution in [-0.2, 0) is 6.18 Å². The third-order valence-electron chi connectivity index (χ3n) is 3.50. The van der Waals surface area contributed by atoms with Crippen LogP contribution in [-0.4, -0.2) is 17.0 Å². The summed E-state index contributed by atoms with van der Waals surface area (Å²) < 4.78 is 38.0. The van der Waals surface area contributed by atoms with Gasteiger partial charge in [-0.05, 0) is 29.1 Å². The number of carbonyl (C=O) groups is 2. The van der Waals surface area contributed by atoms with Gasteiger partial charge >= 0.3 is 12.1 Å². The van der Waals surface area contributed by atoms with Gasteiger partial charge in [0.25, 0.3) is 5.91 Å². The maximum atomic E-state index is 12.7. The quantitative estimate of drug-likeness (QED) is 0.616. The smallest absolute Gasteiger partial charge is 0.416 e. The third kappa shape index (κ3) is 3.63. The molecule has 0 spiro atoms. The lowest BCUT2D eigenvalue weighted by Crippen LogP contribution is -2.12. The van der Waals surface area contributed by atoms with Crippen LogP contribution in [0.2, 0.25) is 0 Å². The van der Waals surface area contributed by atoms with E-state index in [1.54, 1.807) is 17.5 Å². The van der Waals surface area contributed by atoms with E-state index in [0.717, 1.165) is 23.5 Å². The van der Waals surface area contributed by atoms with Crippen molar-refractivity contribution in [3.63, 3.8) is 0 Å². The van der Waals surface area contributed by atoms with Crippen molar-refractivity contribution in [1.29, 1.82) is 0 Å². The van der Waals surface area contributed by atoms with E-state index in [1.165, 1.54) is 28.8 Å². The lowest BCUT2D eigenvalue weighted by molar-refractivity contribution is -0.137. The van der Waals surface area contributed by atoms with Crippen LogP contribution in [0, 0.1) is 0 Å². The van der Waals surface area contributed by atoms with Gasteiger partial charge in [0.05, 0.1) is 10.4 Å². The number of halogens is 3. The summed E-state index contributed by atoms with van der Waals surface area (Å²) in [6.07, 6.45) is -4.47. The first kappa shape index (κ1) is 18.2. The van der Waals surface area contributed by atoms with Crippen LogP contribution in [0.15, 0.2) is 47.2 Å². The number of benzene rings is 1. The van der Waals surface area contributed by atoms with Crippen LogP contribution in [0.1, 0.15) is 25.6 Å². The van der Waals surface area contributed by atoms with Crippen LogP contribution in [0.4, 0.5) is 18.2 Å². The zero-order chi connectivity index (χ0) is 18.9. The van der Waals surface area contributed by atoms with Crippen LogP contribution in [0.5, 0.6) is 0 Å². The molecule has 1 amide bonds. The molecule has 134 valence electrons. The topological polar surface area (TPSA) is 66.4 Å². The van der Waals surface area contributed by atoms with Crippen LogP contribution >= 0.6 is 22.7 Å². The Balaban J connectivity index is 1.95. The van der Waals surface area contributed by atoms with Gasteiger partial charge in [-0.2, -0.15) is 13.2 Å².